The van der Waals surface area contributed by atoms with E-state index in [1.807, 2.05) is 19.3 Å². The summed E-state index contributed by atoms with van der Waals surface area (Å²) in [6.07, 6.45) is 5.00. The molecule has 1 saturated heterocycles. The largest absolute Gasteiger partial charge is 0.341 e. The third-order valence-corrected chi connectivity index (χ3v) is 1.91. The van der Waals surface area contributed by atoms with Gasteiger partial charge in [-0.15, -0.1) is 0 Å². The minimum Gasteiger partial charge on any atom is -0.341 e. The molecule has 0 amide bonds. The lowest BCUT2D eigenvalue weighted by molar-refractivity contribution is 0.600. The second kappa shape index (κ2) is 2.49. The third-order valence-electron chi connectivity index (χ3n) is 1.91. The summed E-state index contributed by atoms with van der Waals surface area (Å²) in [6.45, 7) is 4.23. The van der Waals surface area contributed by atoms with Gasteiger partial charge in [0.15, 0.2) is 0 Å². The smallest absolute Gasteiger partial charge is 0.225 e. The summed E-state index contributed by atoms with van der Waals surface area (Å²) in [7, 11) is 0. The first kappa shape index (κ1) is 6.58. The lowest BCUT2D eigenvalue weighted by Gasteiger charge is -2.30. The molecule has 0 aromatic carbocycles. The predicted molar refractivity (Wildman–Crippen MR) is 43.6 cm³/mol. The topological polar surface area (TPSA) is 29.0 Å². The van der Waals surface area contributed by atoms with E-state index in [1.54, 1.807) is 0 Å². The molecule has 0 N–H and O–H groups in total. The van der Waals surface area contributed by atoms with Crippen LogP contribution in [-0.2, 0) is 0 Å². The highest BCUT2D eigenvalue weighted by Crippen LogP contribution is 2.13. The van der Waals surface area contributed by atoms with Gasteiger partial charge in [-0.25, -0.2) is 9.97 Å². The van der Waals surface area contributed by atoms with Crippen LogP contribution in [0.15, 0.2) is 12.4 Å². The zero-order valence-electron chi connectivity index (χ0n) is 6.62. The van der Waals surface area contributed by atoms with E-state index in [9.17, 15) is 0 Å². The monoisotopic (exact) mass is 149 g/mol. The van der Waals surface area contributed by atoms with Crippen molar-refractivity contribution in [1.82, 2.24) is 9.97 Å². The van der Waals surface area contributed by atoms with Crippen LogP contribution < -0.4 is 4.90 Å². The Labute approximate surface area is 66.1 Å². The average Bonchev–Trinajstić information content (AvgIpc) is 1.90. The average molecular weight is 149 g/mol. The Morgan fingerprint density at radius 3 is 2.36 bits per heavy atom. The minimum absolute atomic E-state index is 0.877. The molecule has 0 aliphatic carbocycles. The maximum Gasteiger partial charge on any atom is 0.225 e. The summed E-state index contributed by atoms with van der Waals surface area (Å²) in [5.74, 6) is 0.877. The lowest BCUT2D eigenvalue weighted by atomic mass is 10.2. The van der Waals surface area contributed by atoms with Crippen molar-refractivity contribution in [3.63, 3.8) is 0 Å². The van der Waals surface area contributed by atoms with Crippen LogP contribution in [0.25, 0.3) is 0 Å². The predicted octanol–water partition coefficient (Wildman–Crippen LogP) is 0.995. The Balaban J connectivity index is 2.18. The zero-order valence-corrected chi connectivity index (χ0v) is 6.62. The van der Waals surface area contributed by atoms with Crippen molar-refractivity contribution in [3.05, 3.63) is 18.0 Å². The van der Waals surface area contributed by atoms with E-state index in [1.165, 1.54) is 6.42 Å². The van der Waals surface area contributed by atoms with Gasteiger partial charge in [-0.1, -0.05) is 0 Å². The summed E-state index contributed by atoms with van der Waals surface area (Å²) in [6, 6.07) is 0. The molecule has 11 heavy (non-hydrogen) atoms. The van der Waals surface area contributed by atoms with E-state index in [-0.39, 0.29) is 0 Å². The molecule has 1 aromatic rings. The van der Waals surface area contributed by atoms with Crippen molar-refractivity contribution in [2.24, 2.45) is 0 Å². The highest BCUT2D eigenvalue weighted by molar-refractivity contribution is 5.32. The zero-order chi connectivity index (χ0) is 7.68. The summed E-state index contributed by atoms with van der Waals surface area (Å²) in [5, 5.41) is 0. The van der Waals surface area contributed by atoms with Gasteiger partial charge < -0.3 is 4.90 Å². The second-order valence-corrected chi connectivity index (χ2v) is 2.90. The summed E-state index contributed by atoms with van der Waals surface area (Å²) >= 11 is 0. The van der Waals surface area contributed by atoms with E-state index < -0.39 is 0 Å². The first-order chi connectivity index (χ1) is 5.36. The standard InChI is InChI=1S/C8H11N3/c1-7-5-9-8(10-6-7)11-3-2-4-11/h5-6H,2-4H2,1H3. The van der Waals surface area contributed by atoms with Gasteiger partial charge in [0.1, 0.15) is 0 Å². The van der Waals surface area contributed by atoms with Gasteiger partial charge >= 0.3 is 0 Å². The quantitative estimate of drug-likeness (QED) is 0.596. The second-order valence-electron chi connectivity index (χ2n) is 2.90. The summed E-state index contributed by atoms with van der Waals surface area (Å²) < 4.78 is 0. The third kappa shape index (κ3) is 1.18. The number of nitrogens with zero attached hydrogens (tertiary/aromatic N) is 3. The highest BCUT2D eigenvalue weighted by Gasteiger charge is 2.15. The number of aromatic nitrogens is 2. The maximum atomic E-state index is 4.22. The maximum absolute atomic E-state index is 4.22. The molecule has 1 aromatic heterocycles. The van der Waals surface area contributed by atoms with Crippen LogP contribution in [0.5, 0.6) is 0 Å². The van der Waals surface area contributed by atoms with Crippen molar-refractivity contribution in [2.75, 3.05) is 18.0 Å². The molecule has 3 nitrogen and oxygen atoms in total. The number of hydrogen-bond acceptors (Lipinski definition) is 3. The molecule has 1 fully saturated rings. The number of rotatable bonds is 1. The van der Waals surface area contributed by atoms with Crippen LogP contribution in [0.1, 0.15) is 12.0 Å². The van der Waals surface area contributed by atoms with E-state index in [0.29, 0.717) is 0 Å². The van der Waals surface area contributed by atoms with Crippen molar-refractivity contribution >= 4 is 5.95 Å². The molecule has 3 heteroatoms. The molecule has 2 heterocycles. The van der Waals surface area contributed by atoms with Crippen molar-refractivity contribution in [2.45, 2.75) is 13.3 Å². The molecular formula is C8H11N3. The van der Waals surface area contributed by atoms with E-state index in [0.717, 1.165) is 24.6 Å². The van der Waals surface area contributed by atoms with Gasteiger partial charge in [0.25, 0.3) is 0 Å². The fraction of sp³-hybridized carbons (Fsp3) is 0.500. The van der Waals surface area contributed by atoms with E-state index in [4.69, 9.17) is 0 Å². The molecule has 1 aliphatic heterocycles. The Hall–Kier alpha value is -1.12. The fourth-order valence-electron chi connectivity index (χ4n) is 1.07. The van der Waals surface area contributed by atoms with E-state index in [2.05, 4.69) is 14.9 Å². The molecular weight excluding hydrogens is 138 g/mol. The molecule has 0 unspecified atom stereocenters. The van der Waals surface area contributed by atoms with Crippen molar-refractivity contribution in [1.29, 1.82) is 0 Å². The van der Waals surface area contributed by atoms with Crippen molar-refractivity contribution < 1.29 is 0 Å². The van der Waals surface area contributed by atoms with Gasteiger partial charge in [-0.3, -0.25) is 0 Å². The van der Waals surface area contributed by atoms with E-state index >= 15 is 0 Å². The van der Waals surface area contributed by atoms with Gasteiger partial charge in [0, 0.05) is 25.5 Å². The molecule has 0 saturated carbocycles. The first-order valence-electron chi connectivity index (χ1n) is 3.90. The van der Waals surface area contributed by atoms with Crippen LogP contribution in [0.3, 0.4) is 0 Å². The SMILES string of the molecule is Cc1cnc(N2CCC2)nc1. The molecule has 0 radical (unpaired) electrons. The highest BCUT2D eigenvalue weighted by atomic mass is 15.3. The Kier molecular flexibility index (Phi) is 1.49. The number of hydrogen-bond donors (Lipinski definition) is 0. The van der Waals surface area contributed by atoms with Crippen molar-refractivity contribution in [3.8, 4) is 0 Å². The van der Waals surface area contributed by atoms with Gasteiger partial charge in [0.2, 0.25) is 5.95 Å². The summed E-state index contributed by atoms with van der Waals surface area (Å²) in [4.78, 5) is 10.6. The molecule has 2 rings (SSSR count). The minimum atomic E-state index is 0.877. The summed E-state index contributed by atoms with van der Waals surface area (Å²) in [5.41, 5.74) is 1.12. The molecule has 1 aliphatic rings. The van der Waals surface area contributed by atoms with Gasteiger partial charge in [-0.2, -0.15) is 0 Å². The molecule has 58 valence electrons. The molecule has 0 atom stereocenters. The fourth-order valence-corrected chi connectivity index (χ4v) is 1.07. The van der Waals surface area contributed by atoms with Crippen LogP contribution >= 0.6 is 0 Å². The first-order valence-corrected chi connectivity index (χ1v) is 3.90. The Bertz CT molecular complexity index is 238. The van der Waals surface area contributed by atoms with Crippen LogP contribution in [0, 0.1) is 6.92 Å². The Morgan fingerprint density at radius 1 is 1.27 bits per heavy atom. The molecule has 0 bridgehead atoms. The van der Waals surface area contributed by atoms with Crippen LogP contribution in [-0.4, -0.2) is 23.1 Å². The van der Waals surface area contributed by atoms with Gasteiger partial charge in [0.05, 0.1) is 0 Å². The Morgan fingerprint density at radius 2 is 1.91 bits per heavy atom. The van der Waals surface area contributed by atoms with Crippen LogP contribution in [0.4, 0.5) is 5.95 Å². The lowest BCUT2D eigenvalue weighted by Crippen LogP contribution is -2.38. The van der Waals surface area contributed by atoms with Gasteiger partial charge in [-0.05, 0) is 18.9 Å². The molecule has 0 spiro atoms. The van der Waals surface area contributed by atoms with Crippen LogP contribution in [0.2, 0.25) is 0 Å². The normalized spacial score (nSPS) is 16.3. The number of anilines is 1. The number of aryl methyl sites for hydroxylation is 1.